The molecule has 0 aliphatic carbocycles. The van der Waals surface area contributed by atoms with Gasteiger partial charge in [-0.3, -0.25) is 0 Å². The highest BCUT2D eigenvalue weighted by Crippen LogP contribution is 2.22. The predicted octanol–water partition coefficient (Wildman–Crippen LogP) is 2.96. The molecule has 116 valence electrons. The Labute approximate surface area is 145 Å². The average molecular weight is 312 g/mol. The van der Waals surface area contributed by atoms with Crippen molar-refractivity contribution >= 4 is 44.1 Å². The van der Waals surface area contributed by atoms with Crippen molar-refractivity contribution < 1.29 is 0 Å². The van der Waals surface area contributed by atoms with Gasteiger partial charge in [0.25, 0.3) is 0 Å². The molecule has 0 saturated heterocycles. The predicted molar refractivity (Wildman–Crippen MR) is 104 cm³/mol. The second-order valence-corrected chi connectivity index (χ2v) is 5.17. The van der Waals surface area contributed by atoms with Gasteiger partial charge in [0.15, 0.2) is 0 Å². The third kappa shape index (κ3) is 4.16. The van der Waals surface area contributed by atoms with E-state index in [1.807, 2.05) is 50.3 Å². The van der Waals surface area contributed by atoms with Crippen LogP contribution in [0.15, 0.2) is 55.4 Å². The number of nitrogens with zero attached hydrogens (tertiary/aromatic N) is 2. The quantitative estimate of drug-likeness (QED) is 0.636. The maximum Gasteiger partial charge on any atom is 0.222 e. The molecule has 1 heterocycles. The first-order valence-corrected chi connectivity index (χ1v) is 7.50. The van der Waals surface area contributed by atoms with Gasteiger partial charge in [0.1, 0.15) is 20.0 Å². The fraction of sp³-hybridized carbons (Fsp3) is 0.111. The highest BCUT2D eigenvalue weighted by atomic mass is 15.0. The van der Waals surface area contributed by atoms with Crippen molar-refractivity contribution in [2.75, 3.05) is 10.5 Å². The van der Waals surface area contributed by atoms with E-state index in [1.54, 1.807) is 6.08 Å². The summed E-state index contributed by atoms with van der Waals surface area (Å²) in [4.78, 5) is 8.56. The fourth-order valence-electron chi connectivity index (χ4n) is 2.25. The Kier molecular flexibility index (Phi) is 6.01. The molecule has 4 radical (unpaired) electrons. The van der Waals surface area contributed by atoms with E-state index in [2.05, 4.69) is 27.1 Å². The van der Waals surface area contributed by atoms with E-state index < -0.39 is 0 Å². The van der Waals surface area contributed by atoms with Crippen LogP contribution in [0.25, 0.3) is 5.57 Å². The van der Waals surface area contributed by atoms with Crippen molar-refractivity contribution in [3.05, 3.63) is 66.7 Å². The van der Waals surface area contributed by atoms with Crippen LogP contribution in [-0.4, -0.2) is 25.8 Å². The van der Waals surface area contributed by atoms with E-state index in [9.17, 15) is 0 Å². The molecule has 1 aromatic carbocycles. The molecule has 24 heavy (non-hydrogen) atoms. The molecule has 6 heteroatoms. The molecule has 0 aliphatic heterocycles. The van der Waals surface area contributed by atoms with Crippen LogP contribution in [0.3, 0.4) is 0 Å². The number of rotatable bonds is 6. The molecular weight excluding hydrogens is 294 g/mol. The number of hydrogen-bond donors (Lipinski definition) is 2. The second-order valence-electron chi connectivity index (χ2n) is 5.17. The third-order valence-electron chi connectivity index (χ3n) is 3.42. The van der Waals surface area contributed by atoms with Crippen molar-refractivity contribution in [3.8, 4) is 0 Å². The number of aromatic nitrogens is 2. The van der Waals surface area contributed by atoms with Crippen LogP contribution in [0.5, 0.6) is 0 Å². The van der Waals surface area contributed by atoms with Gasteiger partial charge in [0, 0.05) is 17.4 Å². The lowest BCUT2D eigenvalue weighted by Crippen LogP contribution is -2.12. The maximum absolute atomic E-state index is 6.08. The zero-order chi connectivity index (χ0) is 17.5. The average Bonchev–Trinajstić information content (AvgIpc) is 2.57. The molecule has 2 N–H and O–H groups in total. The summed E-state index contributed by atoms with van der Waals surface area (Å²) >= 11 is 0. The first-order valence-electron chi connectivity index (χ1n) is 7.50. The largest absolute Gasteiger partial charge is 0.437 e. The number of anilines is 3. The zero-order valence-electron chi connectivity index (χ0n) is 13.9. The van der Waals surface area contributed by atoms with Crippen molar-refractivity contribution in [2.45, 2.75) is 13.8 Å². The van der Waals surface area contributed by atoms with Gasteiger partial charge in [0.2, 0.25) is 7.98 Å². The Balaban J connectivity index is 2.36. The first kappa shape index (κ1) is 17.6. The molecule has 1 aromatic heterocycles. The van der Waals surface area contributed by atoms with Gasteiger partial charge in [-0.1, -0.05) is 42.4 Å². The van der Waals surface area contributed by atoms with Crippen LogP contribution in [0.2, 0.25) is 0 Å². The van der Waals surface area contributed by atoms with E-state index in [-0.39, 0.29) is 0 Å². The Hall–Kier alpha value is -2.75. The molecule has 0 bridgehead atoms. The Morgan fingerprint density at radius 1 is 1.21 bits per heavy atom. The van der Waals surface area contributed by atoms with Gasteiger partial charge in [-0.2, -0.15) is 0 Å². The van der Waals surface area contributed by atoms with Gasteiger partial charge in [-0.05, 0) is 31.1 Å². The summed E-state index contributed by atoms with van der Waals surface area (Å²) in [6.45, 7) is 7.61. The topological polar surface area (TPSA) is 49.8 Å². The summed E-state index contributed by atoms with van der Waals surface area (Å²) < 4.78 is 0. The Bertz CT molecular complexity index is 798. The van der Waals surface area contributed by atoms with Gasteiger partial charge in [-0.15, -0.1) is 0 Å². The molecule has 0 aliphatic rings. The minimum absolute atomic E-state index is 0.613. The molecule has 4 nitrogen and oxygen atoms in total. The molecule has 0 spiro atoms. The van der Waals surface area contributed by atoms with E-state index >= 15 is 0 Å². The minimum atomic E-state index is 0.613. The number of allylic oxidation sites excluding steroid dienone is 5. The van der Waals surface area contributed by atoms with Gasteiger partial charge in [0.05, 0.1) is 5.69 Å². The normalized spacial score (nSPS) is 11.5. The SMILES string of the molecule is [B]Nc1cc(Nc2cc(C(/C=C\C)=C/C=C)ncn2)c([B])cc1C. The van der Waals surface area contributed by atoms with Crippen molar-refractivity contribution in [1.29, 1.82) is 0 Å². The van der Waals surface area contributed by atoms with E-state index in [4.69, 9.17) is 15.8 Å². The summed E-state index contributed by atoms with van der Waals surface area (Å²) in [5.74, 6) is 0.637. The summed E-state index contributed by atoms with van der Waals surface area (Å²) in [6, 6.07) is 5.55. The number of hydrogen-bond acceptors (Lipinski definition) is 4. The van der Waals surface area contributed by atoms with Crippen molar-refractivity contribution in [2.24, 2.45) is 0 Å². The molecule has 0 atom stereocenters. The highest BCUT2D eigenvalue weighted by molar-refractivity contribution is 6.36. The minimum Gasteiger partial charge on any atom is -0.437 e. The lowest BCUT2D eigenvalue weighted by molar-refractivity contribution is 1.14. The number of benzene rings is 1. The molecule has 2 rings (SSSR count). The number of nitrogens with one attached hydrogen (secondary N) is 2. The Morgan fingerprint density at radius 3 is 2.67 bits per heavy atom. The van der Waals surface area contributed by atoms with Crippen LogP contribution in [0.4, 0.5) is 17.2 Å². The summed E-state index contributed by atoms with van der Waals surface area (Å²) in [5.41, 5.74) is 4.82. The zero-order valence-corrected chi connectivity index (χ0v) is 13.9. The lowest BCUT2D eigenvalue weighted by Gasteiger charge is -2.14. The summed E-state index contributed by atoms with van der Waals surface area (Å²) in [6.07, 6.45) is 9.03. The van der Waals surface area contributed by atoms with Crippen LogP contribution >= 0.6 is 0 Å². The van der Waals surface area contributed by atoms with Crippen LogP contribution in [0, 0.1) is 6.92 Å². The molecule has 0 saturated carbocycles. The molecule has 2 aromatic rings. The van der Waals surface area contributed by atoms with E-state index in [1.165, 1.54) is 6.33 Å². The van der Waals surface area contributed by atoms with Gasteiger partial charge in [-0.25, -0.2) is 9.97 Å². The van der Waals surface area contributed by atoms with Crippen LogP contribution in [0.1, 0.15) is 18.2 Å². The standard InChI is InChI=1S/C18H18B2N4/c1-4-6-13(7-5-2)16-10-18(22-11-21-16)23-17-9-15(24-20)12(3)8-14(17)19/h4-11,24H,1H2,2-3H3,(H,21,22,23)/b7-5-,13-6+. The first-order chi connectivity index (χ1) is 11.6. The molecule has 0 fully saturated rings. The molecular formula is C18H18B2N4. The smallest absolute Gasteiger partial charge is 0.222 e. The second kappa shape index (κ2) is 8.20. The van der Waals surface area contributed by atoms with Crippen molar-refractivity contribution in [1.82, 2.24) is 9.97 Å². The highest BCUT2D eigenvalue weighted by Gasteiger charge is 2.06. The maximum atomic E-state index is 6.08. The van der Waals surface area contributed by atoms with E-state index in [0.29, 0.717) is 11.3 Å². The Morgan fingerprint density at radius 2 is 2.00 bits per heavy atom. The van der Waals surface area contributed by atoms with Gasteiger partial charge < -0.3 is 10.5 Å². The molecule has 0 unspecified atom stereocenters. The monoisotopic (exact) mass is 312 g/mol. The van der Waals surface area contributed by atoms with Crippen molar-refractivity contribution in [3.63, 3.8) is 0 Å². The van der Waals surface area contributed by atoms with Crippen LogP contribution < -0.4 is 16.0 Å². The third-order valence-corrected chi connectivity index (χ3v) is 3.42. The number of aryl methyl sites for hydroxylation is 1. The van der Waals surface area contributed by atoms with Gasteiger partial charge >= 0.3 is 0 Å². The summed E-state index contributed by atoms with van der Waals surface area (Å²) in [5, 5.41) is 5.86. The molecule has 0 amide bonds. The van der Waals surface area contributed by atoms with E-state index in [0.717, 1.165) is 28.2 Å². The fourth-order valence-corrected chi connectivity index (χ4v) is 2.25. The van der Waals surface area contributed by atoms with Crippen LogP contribution in [-0.2, 0) is 0 Å². The summed E-state index contributed by atoms with van der Waals surface area (Å²) in [7, 11) is 11.6. The lowest BCUT2D eigenvalue weighted by atomic mass is 9.91.